The number of anilines is 1. The Hall–Kier alpha value is -1.63. The zero-order valence-electron chi connectivity index (χ0n) is 14.3. The smallest absolute Gasteiger partial charge is 0.246 e. The largest absolute Gasteiger partial charge is 0.378 e. The summed E-state index contributed by atoms with van der Waals surface area (Å²) >= 11 is 0. The summed E-state index contributed by atoms with van der Waals surface area (Å²) in [5, 5.41) is 2.98. The number of ether oxygens (including phenoxy) is 2. The van der Waals surface area contributed by atoms with Crippen molar-refractivity contribution in [2.45, 2.75) is 6.04 Å². The second-order valence-corrected chi connectivity index (χ2v) is 6.05. The van der Waals surface area contributed by atoms with Crippen molar-refractivity contribution in [2.24, 2.45) is 0 Å². The molecule has 1 aliphatic rings. The molecule has 1 saturated heterocycles. The van der Waals surface area contributed by atoms with Crippen molar-refractivity contribution in [3.63, 3.8) is 0 Å². The first-order valence-electron chi connectivity index (χ1n) is 8.07. The van der Waals surface area contributed by atoms with Gasteiger partial charge in [0, 0.05) is 32.5 Å². The number of rotatable bonds is 7. The van der Waals surface area contributed by atoms with Crippen LogP contribution in [-0.2, 0) is 14.3 Å². The Morgan fingerprint density at radius 2 is 1.96 bits per heavy atom. The van der Waals surface area contributed by atoms with Crippen LogP contribution in [0.2, 0.25) is 0 Å². The zero-order chi connectivity index (χ0) is 16.7. The number of benzene rings is 1. The lowest BCUT2D eigenvalue weighted by atomic mass is 10.0. The monoisotopic (exact) mass is 322 g/mol. The van der Waals surface area contributed by atoms with Crippen LogP contribution in [0.5, 0.6) is 0 Å². The number of amides is 1. The second kappa shape index (κ2) is 8.86. The molecule has 0 spiro atoms. The van der Waals surface area contributed by atoms with Crippen LogP contribution in [0.4, 0.5) is 5.69 Å². The van der Waals surface area contributed by atoms with Crippen LogP contribution in [-0.4, -0.2) is 66.6 Å². The molecule has 1 aliphatic heterocycles. The minimum absolute atomic E-state index is 0.0740. The van der Waals surface area contributed by atoms with E-state index in [1.54, 1.807) is 0 Å². The van der Waals surface area contributed by atoms with Crippen molar-refractivity contribution in [3.8, 4) is 0 Å². The van der Waals surface area contributed by atoms with Crippen molar-refractivity contribution >= 4 is 11.6 Å². The molecule has 2 N–H and O–H groups in total. The molecule has 0 radical (unpaired) electrons. The number of carbonyl (C=O) groups is 1. The standard InChI is InChI=1S/C17H27N3O3/c1-19(2)15-6-4-14(5-7-15)16(12-18-17(21)13-22-3)20-8-10-23-11-9-20/h4-7,16H,8-13H2,1-3H3,(H,18,21)/p+1/t16-/m0/s1. The van der Waals surface area contributed by atoms with Crippen LogP contribution in [0.15, 0.2) is 24.3 Å². The molecule has 0 saturated carbocycles. The van der Waals surface area contributed by atoms with E-state index in [1.807, 2.05) is 14.1 Å². The maximum Gasteiger partial charge on any atom is 0.246 e. The molecule has 0 bridgehead atoms. The number of nitrogens with zero attached hydrogens (tertiary/aromatic N) is 1. The highest BCUT2D eigenvalue weighted by molar-refractivity contribution is 5.77. The molecule has 0 aliphatic carbocycles. The van der Waals surface area contributed by atoms with Crippen molar-refractivity contribution in [3.05, 3.63) is 29.8 Å². The molecule has 6 heteroatoms. The summed E-state index contributed by atoms with van der Waals surface area (Å²) in [7, 11) is 5.60. The predicted molar refractivity (Wildman–Crippen MR) is 89.9 cm³/mol. The minimum atomic E-state index is -0.0740. The maximum absolute atomic E-state index is 11.7. The summed E-state index contributed by atoms with van der Waals surface area (Å²) < 4.78 is 10.4. The number of hydrogen-bond donors (Lipinski definition) is 2. The van der Waals surface area contributed by atoms with Gasteiger partial charge in [0.25, 0.3) is 0 Å². The van der Waals surface area contributed by atoms with Crippen LogP contribution < -0.4 is 15.1 Å². The fourth-order valence-electron chi connectivity index (χ4n) is 2.88. The fourth-order valence-corrected chi connectivity index (χ4v) is 2.88. The number of nitrogens with one attached hydrogen (secondary N) is 2. The van der Waals surface area contributed by atoms with Gasteiger partial charge in [-0.25, -0.2) is 0 Å². The predicted octanol–water partition coefficient (Wildman–Crippen LogP) is -0.529. The van der Waals surface area contributed by atoms with E-state index in [9.17, 15) is 4.79 Å². The van der Waals surface area contributed by atoms with E-state index in [-0.39, 0.29) is 18.6 Å². The molecule has 1 aromatic rings. The Kier molecular flexibility index (Phi) is 6.83. The summed E-state index contributed by atoms with van der Waals surface area (Å²) in [4.78, 5) is 15.3. The summed E-state index contributed by atoms with van der Waals surface area (Å²) in [6.07, 6.45) is 0. The molecule has 23 heavy (non-hydrogen) atoms. The van der Waals surface area contributed by atoms with E-state index in [1.165, 1.54) is 23.3 Å². The van der Waals surface area contributed by atoms with Crippen LogP contribution in [0, 0.1) is 0 Å². The van der Waals surface area contributed by atoms with Gasteiger partial charge >= 0.3 is 0 Å². The van der Waals surface area contributed by atoms with Crippen molar-refractivity contribution in [2.75, 3.05) is 65.6 Å². The highest BCUT2D eigenvalue weighted by Crippen LogP contribution is 2.16. The number of methoxy groups -OCH3 is 1. The molecule has 1 atom stereocenters. The van der Waals surface area contributed by atoms with Gasteiger partial charge in [0.1, 0.15) is 25.7 Å². The Balaban J connectivity index is 2.09. The Morgan fingerprint density at radius 1 is 1.30 bits per heavy atom. The van der Waals surface area contributed by atoms with E-state index < -0.39 is 0 Å². The highest BCUT2D eigenvalue weighted by Gasteiger charge is 2.26. The van der Waals surface area contributed by atoms with Gasteiger partial charge in [-0.1, -0.05) is 12.1 Å². The molecule has 2 rings (SSSR count). The topological polar surface area (TPSA) is 55.2 Å². The van der Waals surface area contributed by atoms with Crippen LogP contribution in [0.25, 0.3) is 0 Å². The molecule has 6 nitrogen and oxygen atoms in total. The second-order valence-electron chi connectivity index (χ2n) is 6.05. The van der Waals surface area contributed by atoms with Crippen molar-refractivity contribution in [1.82, 2.24) is 5.32 Å². The number of quaternary nitrogens is 1. The van der Waals surface area contributed by atoms with Gasteiger partial charge in [0.2, 0.25) is 5.91 Å². The summed E-state index contributed by atoms with van der Waals surface area (Å²) in [6.45, 7) is 4.17. The molecule has 1 amide bonds. The van der Waals surface area contributed by atoms with E-state index >= 15 is 0 Å². The van der Waals surface area contributed by atoms with Gasteiger partial charge in [-0.15, -0.1) is 0 Å². The molecular weight excluding hydrogens is 294 g/mol. The third kappa shape index (κ3) is 5.20. The number of morpholine rings is 1. The average Bonchev–Trinajstić information content (AvgIpc) is 2.57. The summed E-state index contributed by atoms with van der Waals surface area (Å²) in [5.74, 6) is -0.0740. The third-order valence-electron chi connectivity index (χ3n) is 4.22. The average molecular weight is 322 g/mol. The Morgan fingerprint density at radius 3 is 2.52 bits per heavy atom. The van der Waals surface area contributed by atoms with Crippen molar-refractivity contribution < 1.29 is 19.2 Å². The fraction of sp³-hybridized carbons (Fsp3) is 0.588. The SMILES string of the molecule is COCC(=O)NC[C@@H](c1ccc(N(C)C)cc1)[NH+]1CCOCC1. The number of hydrogen-bond acceptors (Lipinski definition) is 4. The van der Waals surface area contributed by atoms with Crippen LogP contribution in [0.1, 0.15) is 11.6 Å². The van der Waals surface area contributed by atoms with E-state index in [4.69, 9.17) is 9.47 Å². The summed E-state index contributed by atoms with van der Waals surface area (Å²) in [5.41, 5.74) is 2.41. The van der Waals surface area contributed by atoms with Gasteiger partial charge in [-0.2, -0.15) is 0 Å². The molecule has 1 heterocycles. The van der Waals surface area contributed by atoms with Gasteiger partial charge < -0.3 is 24.6 Å². The first-order valence-corrected chi connectivity index (χ1v) is 8.07. The van der Waals surface area contributed by atoms with Gasteiger partial charge in [0.15, 0.2) is 0 Å². The molecule has 128 valence electrons. The Bertz CT molecular complexity index is 484. The van der Waals surface area contributed by atoms with Crippen LogP contribution >= 0.6 is 0 Å². The Labute approximate surface area is 138 Å². The molecule has 0 aromatic heterocycles. The molecule has 1 aromatic carbocycles. The van der Waals surface area contributed by atoms with E-state index in [0.29, 0.717) is 6.54 Å². The quantitative estimate of drug-likeness (QED) is 0.709. The lowest BCUT2D eigenvalue weighted by Gasteiger charge is -2.32. The summed E-state index contributed by atoms with van der Waals surface area (Å²) in [6, 6.07) is 8.80. The van der Waals surface area contributed by atoms with Gasteiger partial charge in [-0.3, -0.25) is 4.79 Å². The third-order valence-corrected chi connectivity index (χ3v) is 4.22. The number of carbonyl (C=O) groups excluding carboxylic acids is 1. The van der Waals surface area contributed by atoms with E-state index in [0.717, 1.165) is 26.3 Å². The van der Waals surface area contributed by atoms with Crippen molar-refractivity contribution in [1.29, 1.82) is 0 Å². The highest BCUT2D eigenvalue weighted by atomic mass is 16.5. The minimum Gasteiger partial charge on any atom is -0.378 e. The lowest BCUT2D eigenvalue weighted by molar-refractivity contribution is -0.937. The van der Waals surface area contributed by atoms with Crippen LogP contribution in [0.3, 0.4) is 0 Å². The van der Waals surface area contributed by atoms with Gasteiger partial charge in [-0.05, 0) is 12.1 Å². The van der Waals surface area contributed by atoms with E-state index in [2.05, 4.69) is 34.5 Å². The first kappa shape index (κ1) is 17.7. The van der Waals surface area contributed by atoms with Gasteiger partial charge in [0.05, 0.1) is 19.8 Å². The maximum atomic E-state index is 11.7. The lowest BCUT2D eigenvalue weighted by Crippen LogP contribution is -3.15. The first-order chi connectivity index (χ1) is 11.1. The zero-order valence-corrected chi connectivity index (χ0v) is 14.3. The molecule has 1 fully saturated rings. The normalized spacial score (nSPS) is 16.8. The molecular formula is C17H28N3O3+. The molecule has 0 unspecified atom stereocenters.